The third kappa shape index (κ3) is 8.84. The highest BCUT2D eigenvalue weighted by Gasteiger charge is 2.07. The van der Waals surface area contributed by atoms with Crippen molar-refractivity contribution in [1.82, 2.24) is 14.8 Å². The Morgan fingerprint density at radius 1 is 0.795 bits per heavy atom. The molecule has 2 aromatic carbocycles. The van der Waals surface area contributed by atoms with Crippen LogP contribution in [0.15, 0.2) is 73.1 Å². The van der Waals surface area contributed by atoms with Gasteiger partial charge in [0.2, 0.25) is 0 Å². The van der Waals surface area contributed by atoms with Crippen molar-refractivity contribution in [3.8, 4) is 17.2 Å². The largest absolute Gasteiger partial charge is 0.493 e. The molecule has 4 aromatic rings. The zero-order valence-electron chi connectivity index (χ0n) is 22.9. The number of nitrogens with zero attached hydrogens (tertiary/aromatic N) is 3. The Kier molecular flexibility index (Phi) is 11.2. The third-order valence-electron chi connectivity index (χ3n) is 6.66. The van der Waals surface area contributed by atoms with Crippen LogP contribution in [0.4, 0.5) is 0 Å². The number of rotatable bonds is 17. The van der Waals surface area contributed by atoms with E-state index in [1.807, 2.05) is 65.6 Å². The third-order valence-corrected chi connectivity index (χ3v) is 6.66. The zero-order chi connectivity index (χ0) is 27.1. The Labute approximate surface area is 231 Å². The highest BCUT2D eigenvalue weighted by Crippen LogP contribution is 2.23. The lowest BCUT2D eigenvalue weighted by Gasteiger charge is -2.10. The van der Waals surface area contributed by atoms with Crippen molar-refractivity contribution in [1.29, 1.82) is 0 Å². The van der Waals surface area contributed by atoms with Gasteiger partial charge in [0, 0.05) is 23.5 Å². The van der Waals surface area contributed by atoms with Crippen LogP contribution in [0.5, 0.6) is 11.5 Å². The average Bonchev–Trinajstić information content (AvgIpc) is 3.44. The Hall–Kier alpha value is -3.87. The maximum absolute atomic E-state index is 11.5. The number of carbonyl (C=O) groups excluding carboxylic acids is 1. The van der Waals surface area contributed by atoms with E-state index in [-0.39, 0.29) is 12.6 Å². The SMILES string of the molecule is CCOC(=O)COc1ccc(-n2nccc2CCCCCCCCCCOc2ccnc3ccccc23)cc1. The van der Waals surface area contributed by atoms with Gasteiger partial charge in [-0.15, -0.1) is 0 Å². The number of ether oxygens (including phenoxy) is 3. The normalized spacial score (nSPS) is 11.0. The summed E-state index contributed by atoms with van der Waals surface area (Å²) in [6.07, 6.45) is 14.4. The summed E-state index contributed by atoms with van der Waals surface area (Å²) in [7, 11) is 0. The quantitative estimate of drug-likeness (QED) is 0.107. The predicted molar refractivity (Wildman–Crippen MR) is 154 cm³/mol. The summed E-state index contributed by atoms with van der Waals surface area (Å²) in [5.41, 5.74) is 3.17. The molecule has 0 aliphatic heterocycles. The summed E-state index contributed by atoms with van der Waals surface area (Å²) in [4.78, 5) is 15.9. The molecule has 0 atom stereocenters. The lowest BCUT2D eigenvalue weighted by Crippen LogP contribution is -2.14. The van der Waals surface area contributed by atoms with Crippen molar-refractivity contribution in [2.24, 2.45) is 0 Å². The summed E-state index contributed by atoms with van der Waals surface area (Å²) in [6, 6.07) is 19.8. The first kappa shape index (κ1) is 28.1. The van der Waals surface area contributed by atoms with Gasteiger partial charge in [0.1, 0.15) is 11.5 Å². The molecule has 39 heavy (non-hydrogen) atoms. The number of fused-ring (bicyclic) bond motifs is 1. The second-order valence-electron chi connectivity index (χ2n) is 9.58. The van der Waals surface area contributed by atoms with E-state index in [0.717, 1.165) is 48.2 Å². The van der Waals surface area contributed by atoms with Crippen LogP contribution in [0.2, 0.25) is 0 Å². The fourth-order valence-corrected chi connectivity index (χ4v) is 4.63. The molecular formula is C32H39N3O4. The predicted octanol–water partition coefficient (Wildman–Crippen LogP) is 7.10. The first-order valence-electron chi connectivity index (χ1n) is 14.1. The molecule has 0 aliphatic rings. The van der Waals surface area contributed by atoms with E-state index in [9.17, 15) is 4.79 Å². The van der Waals surface area contributed by atoms with E-state index in [0.29, 0.717) is 12.4 Å². The average molecular weight is 530 g/mol. The lowest BCUT2D eigenvalue weighted by atomic mass is 10.1. The number of pyridine rings is 1. The minimum absolute atomic E-state index is 0.0847. The number of para-hydroxylation sites is 1. The number of aromatic nitrogens is 3. The standard InChI is InChI=1S/C32H39N3O4/c1-2-37-32(36)25-39-28-18-16-27(17-19-28)35-26(20-23-34-35)13-9-7-5-3-4-6-8-12-24-38-31-21-22-33-30-15-11-10-14-29(30)31/h10-11,14-23H,2-9,12-13,24-25H2,1H3. The van der Waals surface area contributed by atoms with Crippen molar-refractivity contribution < 1.29 is 19.0 Å². The molecule has 0 aliphatic carbocycles. The van der Waals surface area contributed by atoms with Gasteiger partial charge in [-0.1, -0.05) is 50.7 Å². The van der Waals surface area contributed by atoms with Crippen LogP contribution in [-0.4, -0.2) is 40.6 Å². The molecule has 0 bridgehead atoms. The maximum Gasteiger partial charge on any atom is 0.344 e. The van der Waals surface area contributed by atoms with Gasteiger partial charge in [-0.3, -0.25) is 4.98 Å². The van der Waals surface area contributed by atoms with Crippen LogP contribution in [-0.2, 0) is 16.0 Å². The molecular weight excluding hydrogens is 490 g/mol. The molecule has 4 rings (SSSR count). The topological polar surface area (TPSA) is 75.5 Å². The van der Waals surface area contributed by atoms with Gasteiger partial charge in [-0.2, -0.15) is 5.10 Å². The van der Waals surface area contributed by atoms with E-state index in [2.05, 4.69) is 22.2 Å². The minimum atomic E-state index is -0.364. The van der Waals surface area contributed by atoms with Gasteiger partial charge < -0.3 is 14.2 Å². The van der Waals surface area contributed by atoms with Gasteiger partial charge in [0.15, 0.2) is 6.61 Å². The Bertz CT molecular complexity index is 1280. The summed E-state index contributed by atoms with van der Waals surface area (Å²) < 4.78 is 18.4. The van der Waals surface area contributed by atoms with Crippen LogP contribution < -0.4 is 9.47 Å². The van der Waals surface area contributed by atoms with E-state index in [4.69, 9.17) is 14.2 Å². The van der Waals surface area contributed by atoms with Crippen molar-refractivity contribution in [2.75, 3.05) is 19.8 Å². The number of hydrogen-bond donors (Lipinski definition) is 0. The lowest BCUT2D eigenvalue weighted by molar-refractivity contribution is -0.145. The smallest absolute Gasteiger partial charge is 0.344 e. The molecule has 0 N–H and O–H groups in total. The van der Waals surface area contributed by atoms with Gasteiger partial charge >= 0.3 is 5.97 Å². The van der Waals surface area contributed by atoms with E-state index in [1.54, 1.807) is 6.92 Å². The fourth-order valence-electron chi connectivity index (χ4n) is 4.63. The Morgan fingerprint density at radius 2 is 1.54 bits per heavy atom. The van der Waals surface area contributed by atoms with E-state index in [1.165, 1.54) is 44.2 Å². The Balaban J connectivity index is 1.06. The van der Waals surface area contributed by atoms with Crippen molar-refractivity contribution in [2.45, 2.75) is 64.7 Å². The molecule has 0 spiro atoms. The summed E-state index contributed by atoms with van der Waals surface area (Å²) in [5.74, 6) is 1.20. The van der Waals surface area contributed by atoms with Crippen LogP contribution >= 0.6 is 0 Å². The molecule has 2 heterocycles. The fraction of sp³-hybridized carbons (Fsp3) is 0.406. The van der Waals surface area contributed by atoms with Crippen molar-refractivity contribution in [3.05, 3.63) is 78.8 Å². The second-order valence-corrected chi connectivity index (χ2v) is 9.58. The number of aryl methyl sites for hydroxylation is 1. The molecule has 0 radical (unpaired) electrons. The van der Waals surface area contributed by atoms with Gasteiger partial charge in [-0.05, 0) is 74.7 Å². The summed E-state index contributed by atoms with van der Waals surface area (Å²) in [5, 5.41) is 5.58. The number of carbonyl (C=O) groups is 1. The molecule has 0 fully saturated rings. The second kappa shape index (κ2) is 15.5. The Morgan fingerprint density at radius 3 is 2.33 bits per heavy atom. The number of hydrogen-bond acceptors (Lipinski definition) is 6. The highest BCUT2D eigenvalue weighted by atomic mass is 16.6. The van der Waals surface area contributed by atoms with Crippen molar-refractivity contribution >= 4 is 16.9 Å². The molecule has 7 nitrogen and oxygen atoms in total. The van der Waals surface area contributed by atoms with Gasteiger partial charge in [0.05, 0.1) is 24.4 Å². The van der Waals surface area contributed by atoms with E-state index >= 15 is 0 Å². The van der Waals surface area contributed by atoms with Gasteiger partial charge in [-0.25, -0.2) is 9.48 Å². The minimum Gasteiger partial charge on any atom is -0.493 e. The molecule has 0 saturated heterocycles. The van der Waals surface area contributed by atoms with Crippen LogP contribution in [0.1, 0.15) is 64.0 Å². The summed E-state index contributed by atoms with van der Waals surface area (Å²) >= 11 is 0. The number of unbranched alkanes of at least 4 members (excludes halogenated alkanes) is 7. The first-order chi connectivity index (χ1) is 19.2. The highest BCUT2D eigenvalue weighted by molar-refractivity contribution is 5.84. The van der Waals surface area contributed by atoms with Gasteiger partial charge in [0.25, 0.3) is 0 Å². The first-order valence-corrected chi connectivity index (χ1v) is 14.1. The van der Waals surface area contributed by atoms with Crippen LogP contribution in [0.3, 0.4) is 0 Å². The number of esters is 1. The maximum atomic E-state index is 11.5. The molecule has 2 aromatic heterocycles. The molecule has 0 unspecified atom stereocenters. The molecule has 7 heteroatoms. The van der Waals surface area contributed by atoms with Crippen molar-refractivity contribution in [3.63, 3.8) is 0 Å². The van der Waals surface area contributed by atoms with Crippen LogP contribution in [0.25, 0.3) is 16.6 Å². The molecule has 0 amide bonds. The zero-order valence-corrected chi connectivity index (χ0v) is 22.9. The summed E-state index contributed by atoms with van der Waals surface area (Å²) in [6.45, 7) is 2.80. The molecule has 0 saturated carbocycles. The van der Waals surface area contributed by atoms with E-state index < -0.39 is 0 Å². The van der Waals surface area contributed by atoms with Crippen LogP contribution in [0, 0.1) is 0 Å². The molecule has 206 valence electrons. The number of benzene rings is 2. The monoisotopic (exact) mass is 529 g/mol.